The van der Waals surface area contributed by atoms with Gasteiger partial charge in [0.15, 0.2) is 0 Å². The van der Waals surface area contributed by atoms with Crippen LogP contribution >= 0.6 is 0 Å². The number of aliphatic hydroxyl groups is 2. The molecule has 1 aromatic rings. The molecule has 0 aliphatic carbocycles. The van der Waals surface area contributed by atoms with Crippen molar-refractivity contribution in [1.82, 2.24) is 9.80 Å². The summed E-state index contributed by atoms with van der Waals surface area (Å²) in [6.45, 7) is 12.5. The molecule has 2 aliphatic rings. The second-order valence-electron chi connectivity index (χ2n) is 9.23. The Morgan fingerprint density at radius 3 is 2.58 bits per heavy atom. The highest BCUT2D eigenvalue weighted by Crippen LogP contribution is 2.36. The van der Waals surface area contributed by atoms with Crippen molar-refractivity contribution in [3.05, 3.63) is 55.1 Å². The maximum atomic E-state index is 10.4. The number of likely N-dealkylation sites (tertiary alicyclic amines) is 2. The third-order valence-electron chi connectivity index (χ3n) is 6.78. The Kier molecular flexibility index (Phi) is 9.15. The first-order valence-corrected chi connectivity index (χ1v) is 11.8. The Bertz CT molecular complexity index is 690. The molecule has 0 radical (unpaired) electrons. The highest BCUT2D eigenvalue weighted by molar-refractivity contribution is 5.29. The number of aliphatic hydroxyl groups excluding tert-OH is 2. The monoisotopic (exact) mass is 428 g/mol. The van der Waals surface area contributed by atoms with E-state index in [1.165, 1.54) is 24.8 Å². The zero-order valence-electron chi connectivity index (χ0n) is 18.9. The van der Waals surface area contributed by atoms with Crippen LogP contribution in [0.15, 0.2) is 49.6 Å². The second kappa shape index (κ2) is 11.8. The van der Waals surface area contributed by atoms with Gasteiger partial charge in [0.1, 0.15) is 18.5 Å². The highest BCUT2D eigenvalue weighted by Gasteiger charge is 2.36. The van der Waals surface area contributed by atoms with Crippen molar-refractivity contribution in [3.63, 3.8) is 0 Å². The number of ether oxygens (including phenoxy) is 1. The van der Waals surface area contributed by atoms with Crippen LogP contribution in [0.3, 0.4) is 0 Å². The Morgan fingerprint density at radius 2 is 1.87 bits per heavy atom. The zero-order valence-corrected chi connectivity index (χ0v) is 18.9. The summed E-state index contributed by atoms with van der Waals surface area (Å²) in [6, 6.07) is 8.26. The van der Waals surface area contributed by atoms with Gasteiger partial charge < -0.3 is 19.8 Å². The molecular formula is C26H40N2O3. The van der Waals surface area contributed by atoms with Crippen molar-refractivity contribution in [2.75, 3.05) is 32.8 Å². The molecule has 2 N–H and O–H groups in total. The van der Waals surface area contributed by atoms with Crippen LogP contribution in [0.1, 0.15) is 50.5 Å². The van der Waals surface area contributed by atoms with Crippen molar-refractivity contribution in [2.45, 2.75) is 69.2 Å². The fourth-order valence-corrected chi connectivity index (χ4v) is 5.08. The summed E-state index contributed by atoms with van der Waals surface area (Å²) in [5.41, 5.74) is 1.35. The lowest BCUT2D eigenvalue weighted by atomic mass is 9.80. The number of β-amino-alcohol motifs (C(OH)–C–C–N with tert-alkyl or cyclic N) is 1. The summed E-state index contributed by atoms with van der Waals surface area (Å²) in [6.07, 6.45) is 10.6. The highest BCUT2D eigenvalue weighted by atomic mass is 16.5. The maximum absolute atomic E-state index is 10.4. The molecule has 5 nitrogen and oxygen atoms in total. The number of piperidine rings is 2. The molecule has 0 bridgehead atoms. The van der Waals surface area contributed by atoms with Gasteiger partial charge in [-0.25, -0.2) is 0 Å². The van der Waals surface area contributed by atoms with Gasteiger partial charge in [0, 0.05) is 31.7 Å². The molecule has 2 aliphatic heterocycles. The Labute approximate surface area is 188 Å². The van der Waals surface area contributed by atoms with Crippen LogP contribution in [0.5, 0.6) is 5.75 Å². The minimum absolute atomic E-state index is 0.122. The van der Waals surface area contributed by atoms with Crippen LogP contribution in [-0.4, -0.2) is 70.5 Å². The molecule has 31 heavy (non-hydrogen) atoms. The van der Waals surface area contributed by atoms with Gasteiger partial charge in [-0.2, -0.15) is 0 Å². The molecule has 0 unspecified atom stereocenters. The van der Waals surface area contributed by atoms with E-state index in [4.69, 9.17) is 4.74 Å². The molecule has 172 valence electrons. The SMILES string of the molecule is C=CCC1(CC=C)CCCCN1Cc1cccc(OC[C@@H](O)CN2CCC(O)CC2)c1. The van der Waals surface area contributed by atoms with Gasteiger partial charge in [-0.1, -0.05) is 30.7 Å². The van der Waals surface area contributed by atoms with E-state index in [0.717, 1.165) is 57.6 Å². The lowest BCUT2D eigenvalue weighted by Gasteiger charge is -2.47. The molecule has 0 amide bonds. The minimum Gasteiger partial charge on any atom is -0.491 e. The molecular weight excluding hydrogens is 388 g/mol. The Balaban J connectivity index is 1.55. The zero-order chi connectivity index (χ0) is 22.1. The van der Waals surface area contributed by atoms with Gasteiger partial charge in [-0.3, -0.25) is 4.90 Å². The van der Waals surface area contributed by atoms with E-state index in [9.17, 15) is 10.2 Å². The topological polar surface area (TPSA) is 56.2 Å². The molecule has 2 heterocycles. The van der Waals surface area contributed by atoms with Crippen LogP contribution in [0.25, 0.3) is 0 Å². The van der Waals surface area contributed by atoms with Crippen molar-refractivity contribution >= 4 is 0 Å². The van der Waals surface area contributed by atoms with E-state index in [-0.39, 0.29) is 18.2 Å². The standard InChI is InChI=1S/C26H40N2O3/c1-3-12-26(13-4-2)14-5-6-15-28(26)19-22-8-7-9-25(18-22)31-21-24(30)20-27-16-10-23(29)11-17-27/h3-4,7-9,18,23-24,29-30H,1-2,5-6,10-17,19-21H2/t24-/m0/s1. The average Bonchev–Trinajstić information content (AvgIpc) is 2.76. The Morgan fingerprint density at radius 1 is 1.13 bits per heavy atom. The van der Waals surface area contributed by atoms with Crippen molar-refractivity contribution in [2.24, 2.45) is 0 Å². The lowest BCUT2D eigenvalue weighted by Crippen LogP contribution is -2.50. The minimum atomic E-state index is -0.533. The molecule has 3 rings (SSSR count). The van der Waals surface area contributed by atoms with Crippen molar-refractivity contribution in [1.29, 1.82) is 0 Å². The summed E-state index contributed by atoms with van der Waals surface area (Å²) in [4.78, 5) is 4.80. The summed E-state index contributed by atoms with van der Waals surface area (Å²) < 4.78 is 5.93. The first kappa shape index (κ1) is 24.0. The first-order chi connectivity index (χ1) is 15.0. The van der Waals surface area contributed by atoms with Crippen LogP contribution in [0.4, 0.5) is 0 Å². The molecule has 0 aromatic heterocycles. The van der Waals surface area contributed by atoms with Crippen LogP contribution in [0.2, 0.25) is 0 Å². The van der Waals surface area contributed by atoms with Gasteiger partial charge in [-0.05, 0) is 62.8 Å². The molecule has 2 fully saturated rings. The third-order valence-corrected chi connectivity index (χ3v) is 6.78. The lowest BCUT2D eigenvalue weighted by molar-refractivity contribution is 0.0335. The van der Waals surface area contributed by atoms with Gasteiger partial charge in [-0.15, -0.1) is 13.2 Å². The normalized spacial score (nSPS) is 21.5. The van der Waals surface area contributed by atoms with E-state index in [2.05, 4.69) is 35.1 Å². The number of rotatable bonds is 11. The number of benzene rings is 1. The first-order valence-electron chi connectivity index (χ1n) is 11.8. The fraction of sp³-hybridized carbons (Fsp3) is 0.615. The summed E-state index contributed by atoms with van der Waals surface area (Å²) in [5, 5.41) is 20.0. The van der Waals surface area contributed by atoms with Crippen molar-refractivity contribution < 1.29 is 14.9 Å². The summed E-state index contributed by atoms with van der Waals surface area (Å²) >= 11 is 0. The molecule has 0 spiro atoms. The number of hydrogen-bond acceptors (Lipinski definition) is 5. The van der Waals surface area contributed by atoms with Gasteiger partial charge in [0.2, 0.25) is 0 Å². The molecule has 2 saturated heterocycles. The molecule has 1 atom stereocenters. The molecule has 5 heteroatoms. The van der Waals surface area contributed by atoms with E-state index in [0.29, 0.717) is 6.54 Å². The van der Waals surface area contributed by atoms with Gasteiger partial charge in [0.25, 0.3) is 0 Å². The average molecular weight is 429 g/mol. The van der Waals surface area contributed by atoms with E-state index in [1.54, 1.807) is 0 Å². The number of nitrogens with zero attached hydrogens (tertiary/aromatic N) is 2. The van der Waals surface area contributed by atoms with Crippen LogP contribution in [0, 0.1) is 0 Å². The van der Waals surface area contributed by atoms with Crippen LogP contribution < -0.4 is 4.74 Å². The Hall–Kier alpha value is -1.66. The largest absolute Gasteiger partial charge is 0.491 e. The number of hydrogen-bond donors (Lipinski definition) is 2. The summed E-state index contributed by atoms with van der Waals surface area (Å²) in [5.74, 6) is 0.806. The van der Waals surface area contributed by atoms with Gasteiger partial charge in [0.05, 0.1) is 6.10 Å². The fourth-order valence-electron chi connectivity index (χ4n) is 5.08. The predicted octanol–water partition coefficient (Wildman–Crippen LogP) is 3.76. The summed E-state index contributed by atoms with van der Waals surface area (Å²) in [7, 11) is 0. The predicted molar refractivity (Wildman–Crippen MR) is 126 cm³/mol. The third kappa shape index (κ3) is 6.91. The maximum Gasteiger partial charge on any atom is 0.119 e. The molecule has 0 saturated carbocycles. The van der Waals surface area contributed by atoms with Crippen LogP contribution in [-0.2, 0) is 6.54 Å². The van der Waals surface area contributed by atoms with E-state index < -0.39 is 6.10 Å². The van der Waals surface area contributed by atoms with E-state index >= 15 is 0 Å². The smallest absolute Gasteiger partial charge is 0.119 e. The molecule has 1 aromatic carbocycles. The second-order valence-corrected chi connectivity index (χ2v) is 9.23. The van der Waals surface area contributed by atoms with Crippen molar-refractivity contribution in [3.8, 4) is 5.75 Å². The quantitative estimate of drug-likeness (QED) is 0.526. The van der Waals surface area contributed by atoms with Gasteiger partial charge >= 0.3 is 0 Å². The van der Waals surface area contributed by atoms with E-state index in [1.807, 2.05) is 24.3 Å².